The summed E-state index contributed by atoms with van der Waals surface area (Å²) in [5, 5.41) is 15.8. The number of carboxylic acids is 1. The lowest BCUT2D eigenvalue weighted by Crippen LogP contribution is -2.00. The molecule has 0 bridgehead atoms. The second kappa shape index (κ2) is 6.72. The number of benzene rings is 3. The van der Waals surface area contributed by atoms with Crippen LogP contribution in [0.2, 0.25) is 5.02 Å². The van der Waals surface area contributed by atoms with Crippen LogP contribution in [0, 0.1) is 0 Å². The van der Waals surface area contributed by atoms with Crippen LogP contribution in [0.25, 0.3) is 44.4 Å². The lowest BCUT2D eigenvalue weighted by molar-refractivity contribution is 0.0699. The Morgan fingerprint density at radius 2 is 1.62 bits per heavy atom. The lowest BCUT2D eigenvalue weighted by Gasteiger charge is -2.07. The van der Waals surface area contributed by atoms with Crippen molar-refractivity contribution in [3.8, 4) is 22.6 Å². The van der Waals surface area contributed by atoms with Crippen LogP contribution in [0.3, 0.4) is 0 Å². The predicted octanol–water partition coefficient (Wildman–Crippen LogP) is 6.06. The highest BCUT2D eigenvalue weighted by molar-refractivity contribution is 6.30. The van der Waals surface area contributed by atoms with Crippen LogP contribution in [-0.4, -0.2) is 21.2 Å². The first-order chi connectivity index (χ1) is 14.1. The smallest absolute Gasteiger partial charge is 0.336 e. The zero-order valence-corrected chi connectivity index (χ0v) is 15.7. The number of aromatic nitrogens is 2. The van der Waals surface area contributed by atoms with E-state index in [-0.39, 0.29) is 5.56 Å². The quantitative estimate of drug-likeness (QED) is 0.398. The van der Waals surface area contributed by atoms with Crippen LogP contribution in [-0.2, 0) is 0 Å². The molecular formula is C23H13ClN2O3. The van der Waals surface area contributed by atoms with Crippen molar-refractivity contribution in [3.05, 3.63) is 83.4 Å². The molecule has 0 aliphatic rings. The standard InChI is InChI=1S/C23H13ClN2O3/c24-15-8-5-13(6-9-15)22-18-11-14(7-10-20(18)26-29-22)21-12-17(23(27)28)16-3-1-2-4-19(16)25-21/h1-12H,(H,27,28). The Kier molecular flexibility index (Phi) is 4.03. The number of hydrogen-bond donors (Lipinski definition) is 1. The Bertz CT molecular complexity index is 1390. The highest BCUT2D eigenvalue weighted by Crippen LogP contribution is 2.33. The largest absolute Gasteiger partial charge is 0.478 e. The van der Waals surface area contributed by atoms with Crippen molar-refractivity contribution in [1.29, 1.82) is 0 Å². The van der Waals surface area contributed by atoms with Gasteiger partial charge in [0.1, 0.15) is 5.52 Å². The second-order valence-electron chi connectivity index (χ2n) is 6.63. The lowest BCUT2D eigenvalue weighted by atomic mass is 10.0. The number of carboxylic acid groups (broad SMARTS) is 1. The Hall–Kier alpha value is -3.70. The third-order valence-electron chi connectivity index (χ3n) is 4.83. The minimum atomic E-state index is -0.988. The first kappa shape index (κ1) is 17.4. The van der Waals surface area contributed by atoms with E-state index in [1.54, 1.807) is 30.3 Å². The maximum atomic E-state index is 11.8. The first-order valence-electron chi connectivity index (χ1n) is 8.89. The highest BCUT2D eigenvalue weighted by atomic mass is 35.5. The number of para-hydroxylation sites is 1. The molecule has 0 aliphatic heterocycles. The Labute approximate surface area is 170 Å². The normalized spacial score (nSPS) is 11.2. The molecule has 5 aromatic rings. The number of hydrogen-bond acceptors (Lipinski definition) is 4. The summed E-state index contributed by atoms with van der Waals surface area (Å²) in [6.07, 6.45) is 0. The summed E-state index contributed by atoms with van der Waals surface area (Å²) in [6, 6.07) is 21.7. The third kappa shape index (κ3) is 3.02. The van der Waals surface area contributed by atoms with Crippen LogP contribution in [0.15, 0.2) is 77.3 Å². The zero-order valence-electron chi connectivity index (χ0n) is 15.0. The number of aromatic carboxylic acids is 1. The summed E-state index contributed by atoms with van der Waals surface area (Å²) >= 11 is 5.98. The summed E-state index contributed by atoms with van der Waals surface area (Å²) in [5.74, 6) is -0.365. The van der Waals surface area contributed by atoms with Gasteiger partial charge < -0.3 is 9.63 Å². The minimum absolute atomic E-state index is 0.217. The molecule has 0 saturated carbocycles. The van der Waals surface area contributed by atoms with Crippen LogP contribution in [0.4, 0.5) is 0 Å². The van der Waals surface area contributed by atoms with Gasteiger partial charge in [-0.05, 0) is 48.5 Å². The summed E-state index contributed by atoms with van der Waals surface area (Å²) in [7, 11) is 0. The fourth-order valence-electron chi connectivity index (χ4n) is 3.41. The van der Waals surface area contributed by atoms with Crippen molar-refractivity contribution in [1.82, 2.24) is 10.1 Å². The van der Waals surface area contributed by atoms with Gasteiger partial charge in [-0.2, -0.15) is 0 Å². The summed E-state index contributed by atoms with van der Waals surface area (Å²) in [4.78, 5) is 16.4. The van der Waals surface area contributed by atoms with E-state index < -0.39 is 5.97 Å². The molecule has 0 saturated heterocycles. The van der Waals surface area contributed by atoms with E-state index in [0.717, 1.165) is 16.5 Å². The SMILES string of the molecule is O=C(O)c1cc(-c2ccc3noc(-c4ccc(Cl)cc4)c3c2)nc2ccccc12. The molecule has 2 heterocycles. The van der Waals surface area contributed by atoms with E-state index >= 15 is 0 Å². The van der Waals surface area contributed by atoms with Gasteiger partial charge in [-0.25, -0.2) is 9.78 Å². The van der Waals surface area contributed by atoms with Gasteiger partial charge in [0.25, 0.3) is 0 Å². The van der Waals surface area contributed by atoms with Gasteiger partial charge >= 0.3 is 5.97 Å². The number of pyridine rings is 1. The first-order valence-corrected chi connectivity index (χ1v) is 9.27. The second-order valence-corrected chi connectivity index (χ2v) is 7.06. The van der Waals surface area contributed by atoms with Crippen LogP contribution >= 0.6 is 11.6 Å². The predicted molar refractivity (Wildman–Crippen MR) is 112 cm³/mol. The van der Waals surface area contributed by atoms with E-state index in [4.69, 9.17) is 16.1 Å². The Morgan fingerprint density at radius 1 is 0.862 bits per heavy atom. The number of rotatable bonds is 3. The molecule has 0 atom stereocenters. The van der Waals surface area contributed by atoms with Crippen molar-refractivity contribution in [2.24, 2.45) is 0 Å². The van der Waals surface area contributed by atoms with Crippen molar-refractivity contribution in [3.63, 3.8) is 0 Å². The number of halogens is 1. The zero-order chi connectivity index (χ0) is 20.0. The molecule has 140 valence electrons. The fourth-order valence-corrected chi connectivity index (χ4v) is 3.54. The molecule has 5 rings (SSSR count). The Morgan fingerprint density at radius 3 is 2.41 bits per heavy atom. The summed E-state index contributed by atoms with van der Waals surface area (Å²) in [6.45, 7) is 0. The van der Waals surface area contributed by atoms with Crippen LogP contribution in [0.5, 0.6) is 0 Å². The van der Waals surface area contributed by atoms with Crippen molar-refractivity contribution < 1.29 is 14.4 Å². The third-order valence-corrected chi connectivity index (χ3v) is 5.08. The number of nitrogens with zero attached hydrogens (tertiary/aromatic N) is 2. The van der Waals surface area contributed by atoms with Crippen molar-refractivity contribution in [2.45, 2.75) is 0 Å². The van der Waals surface area contributed by atoms with E-state index in [2.05, 4.69) is 10.1 Å². The van der Waals surface area contributed by atoms with Gasteiger partial charge in [-0.15, -0.1) is 0 Å². The van der Waals surface area contributed by atoms with E-state index in [1.807, 2.05) is 42.5 Å². The maximum absolute atomic E-state index is 11.8. The van der Waals surface area contributed by atoms with Gasteiger partial charge in [-0.1, -0.05) is 41.0 Å². The van der Waals surface area contributed by atoms with Gasteiger partial charge in [0.2, 0.25) is 0 Å². The molecule has 3 aromatic carbocycles. The highest BCUT2D eigenvalue weighted by Gasteiger charge is 2.15. The molecule has 2 aromatic heterocycles. The number of carbonyl (C=O) groups is 1. The van der Waals surface area contributed by atoms with Crippen molar-refractivity contribution in [2.75, 3.05) is 0 Å². The van der Waals surface area contributed by atoms with Crippen LogP contribution in [0.1, 0.15) is 10.4 Å². The molecule has 29 heavy (non-hydrogen) atoms. The van der Waals surface area contributed by atoms with Gasteiger partial charge in [0.15, 0.2) is 5.76 Å². The molecule has 1 N–H and O–H groups in total. The van der Waals surface area contributed by atoms with Crippen molar-refractivity contribution >= 4 is 39.4 Å². The van der Waals surface area contributed by atoms with E-state index in [9.17, 15) is 9.90 Å². The maximum Gasteiger partial charge on any atom is 0.336 e. The van der Waals surface area contributed by atoms with Crippen LogP contribution < -0.4 is 0 Å². The molecule has 0 unspecified atom stereocenters. The molecule has 0 radical (unpaired) electrons. The average molecular weight is 401 g/mol. The minimum Gasteiger partial charge on any atom is -0.478 e. The monoisotopic (exact) mass is 400 g/mol. The summed E-state index contributed by atoms with van der Waals surface area (Å²) in [5.41, 5.74) is 3.76. The topological polar surface area (TPSA) is 76.2 Å². The van der Waals surface area contributed by atoms with Gasteiger partial charge in [0.05, 0.1) is 22.2 Å². The van der Waals surface area contributed by atoms with E-state index in [0.29, 0.717) is 32.9 Å². The molecule has 0 amide bonds. The van der Waals surface area contributed by atoms with E-state index in [1.165, 1.54) is 0 Å². The van der Waals surface area contributed by atoms with Gasteiger partial charge in [-0.3, -0.25) is 0 Å². The molecular weight excluding hydrogens is 388 g/mol. The summed E-state index contributed by atoms with van der Waals surface area (Å²) < 4.78 is 5.56. The molecule has 0 spiro atoms. The Balaban J connectivity index is 1.71. The van der Waals surface area contributed by atoms with Gasteiger partial charge in [0, 0.05) is 21.5 Å². The average Bonchev–Trinajstić information content (AvgIpc) is 3.16. The fraction of sp³-hybridized carbons (Fsp3) is 0. The molecule has 0 aliphatic carbocycles. The molecule has 0 fully saturated rings. The molecule has 6 heteroatoms. The molecule has 5 nitrogen and oxygen atoms in total. The number of fused-ring (bicyclic) bond motifs is 2.